The second-order valence-electron chi connectivity index (χ2n) is 10.9. The fraction of sp³-hybridized carbons (Fsp3) is 0.419. The van der Waals surface area contributed by atoms with E-state index in [9.17, 15) is 13.2 Å². The standard InChI is InChI=1S/C31H38N4O3S/c1-3-29(35-20-18-34(2)19-21-35)39(37,38)26-14-12-25(13-15-26)28(22-23-8-4-5-9-23)31(36)33-30-27-11-7-6-10-24(27)16-17-32-30/h3,6-7,10-17,23,28-29H,1,4-5,8-9,18-22H2,2H3,(H,32,33,36). The van der Waals surface area contributed by atoms with Crippen molar-refractivity contribution in [1.29, 1.82) is 0 Å². The molecule has 1 amide bonds. The molecule has 3 aromatic rings. The van der Waals surface area contributed by atoms with Gasteiger partial charge in [-0.05, 0) is 48.5 Å². The highest BCUT2D eigenvalue weighted by Crippen LogP contribution is 2.36. The summed E-state index contributed by atoms with van der Waals surface area (Å²) in [6.45, 7) is 6.84. The third-order valence-electron chi connectivity index (χ3n) is 8.30. The van der Waals surface area contributed by atoms with E-state index in [0.717, 1.165) is 48.7 Å². The Kier molecular flexibility index (Phi) is 8.45. The highest BCUT2D eigenvalue weighted by molar-refractivity contribution is 7.92. The number of benzene rings is 2. The van der Waals surface area contributed by atoms with Gasteiger partial charge in [-0.2, -0.15) is 0 Å². The summed E-state index contributed by atoms with van der Waals surface area (Å²) in [5, 5.41) is 4.23. The van der Waals surface area contributed by atoms with Gasteiger partial charge in [-0.15, -0.1) is 6.58 Å². The molecule has 2 aromatic carbocycles. The molecule has 2 unspecified atom stereocenters. The Morgan fingerprint density at radius 1 is 1.05 bits per heavy atom. The van der Waals surface area contributed by atoms with Crippen LogP contribution in [0.2, 0.25) is 0 Å². The maximum Gasteiger partial charge on any atom is 0.233 e. The van der Waals surface area contributed by atoms with Gasteiger partial charge >= 0.3 is 0 Å². The summed E-state index contributed by atoms with van der Waals surface area (Å²) in [6, 6.07) is 16.7. The van der Waals surface area contributed by atoms with Gasteiger partial charge in [-0.1, -0.05) is 68.2 Å². The third kappa shape index (κ3) is 6.08. The molecule has 0 radical (unpaired) electrons. The number of rotatable bonds is 9. The Balaban J connectivity index is 1.39. The zero-order valence-electron chi connectivity index (χ0n) is 22.6. The number of amides is 1. The van der Waals surface area contributed by atoms with E-state index in [1.54, 1.807) is 18.3 Å². The number of carbonyl (C=O) groups is 1. The number of pyridine rings is 1. The van der Waals surface area contributed by atoms with Gasteiger partial charge in [0.1, 0.15) is 11.2 Å². The Hall–Kier alpha value is -3.07. The number of fused-ring (bicyclic) bond motifs is 1. The molecule has 206 valence electrons. The number of carbonyl (C=O) groups excluding carboxylic acids is 1. The molecule has 1 saturated heterocycles. The average molecular weight is 547 g/mol. The first-order valence-corrected chi connectivity index (χ1v) is 15.4. The van der Waals surface area contributed by atoms with Crippen molar-refractivity contribution in [3.63, 3.8) is 0 Å². The van der Waals surface area contributed by atoms with Crippen molar-refractivity contribution in [3.8, 4) is 0 Å². The fourth-order valence-electron chi connectivity index (χ4n) is 5.97. The zero-order valence-corrected chi connectivity index (χ0v) is 23.4. The predicted octanol–water partition coefficient (Wildman–Crippen LogP) is 5.07. The first-order valence-electron chi connectivity index (χ1n) is 13.9. The molecule has 2 heterocycles. The minimum atomic E-state index is -3.65. The summed E-state index contributed by atoms with van der Waals surface area (Å²) >= 11 is 0. The van der Waals surface area contributed by atoms with Crippen molar-refractivity contribution in [1.82, 2.24) is 14.8 Å². The molecule has 2 atom stereocenters. The van der Waals surface area contributed by atoms with E-state index in [2.05, 4.69) is 21.8 Å². The van der Waals surface area contributed by atoms with Gasteiger partial charge in [0.05, 0.1) is 10.8 Å². The minimum Gasteiger partial charge on any atom is -0.310 e. The number of anilines is 1. The van der Waals surface area contributed by atoms with Crippen LogP contribution in [0.4, 0.5) is 5.82 Å². The van der Waals surface area contributed by atoms with Crippen molar-refractivity contribution in [2.45, 2.75) is 48.3 Å². The van der Waals surface area contributed by atoms with Crippen LogP contribution in [0.1, 0.15) is 43.6 Å². The molecule has 1 aromatic heterocycles. The molecule has 1 saturated carbocycles. The topological polar surface area (TPSA) is 82.6 Å². The van der Waals surface area contributed by atoms with Crippen LogP contribution in [-0.2, 0) is 14.6 Å². The Morgan fingerprint density at radius 2 is 1.74 bits per heavy atom. The van der Waals surface area contributed by atoms with Gasteiger partial charge in [0.15, 0.2) is 9.84 Å². The normalized spacial score (nSPS) is 19.1. The molecule has 7 nitrogen and oxygen atoms in total. The Bertz CT molecular complexity index is 1400. The predicted molar refractivity (Wildman–Crippen MR) is 156 cm³/mol. The van der Waals surface area contributed by atoms with E-state index in [4.69, 9.17) is 0 Å². The Labute approximate surface area is 231 Å². The molecule has 0 bridgehead atoms. The maximum absolute atomic E-state index is 13.7. The number of hydrogen-bond donors (Lipinski definition) is 1. The summed E-state index contributed by atoms with van der Waals surface area (Å²) in [5.41, 5.74) is 0.827. The first-order chi connectivity index (χ1) is 18.9. The molecular weight excluding hydrogens is 508 g/mol. The van der Waals surface area contributed by atoms with Crippen LogP contribution in [0, 0.1) is 5.92 Å². The van der Waals surface area contributed by atoms with Crippen molar-refractivity contribution >= 4 is 32.3 Å². The maximum atomic E-state index is 13.7. The number of piperazine rings is 1. The third-order valence-corrected chi connectivity index (χ3v) is 10.4. The van der Waals surface area contributed by atoms with E-state index < -0.39 is 21.1 Å². The van der Waals surface area contributed by atoms with Gasteiger partial charge in [0, 0.05) is 37.8 Å². The number of likely N-dealkylation sites (N-methyl/N-ethyl adjacent to an activating group) is 1. The monoisotopic (exact) mass is 546 g/mol. The fourth-order valence-corrected chi connectivity index (χ4v) is 7.63. The van der Waals surface area contributed by atoms with Gasteiger partial charge in [-0.3, -0.25) is 9.69 Å². The first kappa shape index (κ1) is 27.5. The van der Waals surface area contributed by atoms with Crippen molar-refractivity contribution in [2.24, 2.45) is 5.92 Å². The summed E-state index contributed by atoms with van der Waals surface area (Å²) in [4.78, 5) is 22.6. The van der Waals surface area contributed by atoms with Gasteiger partial charge in [0.2, 0.25) is 5.91 Å². The molecule has 1 N–H and O–H groups in total. The van der Waals surface area contributed by atoms with Crippen molar-refractivity contribution < 1.29 is 13.2 Å². The van der Waals surface area contributed by atoms with Gasteiger partial charge in [0.25, 0.3) is 0 Å². The molecule has 8 heteroatoms. The lowest BCUT2D eigenvalue weighted by atomic mass is 9.87. The van der Waals surface area contributed by atoms with Crippen LogP contribution in [0.15, 0.2) is 78.3 Å². The van der Waals surface area contributed by atoms with Crippen molar-refractivity contribution in [2.75, 3.05) is 38.5 Å². The average Bonchev–Trinajstić information content (AvgIpc) is 3.47. The van der Waals surface area contributed by atoms with E-state index in [1.165, 1.54) is 18.9 Å². The molecular formula is C31H38N4O3S. The van der Waals surface area contributed by atoms with Gasteiger partial charge < -0.3 is 10.2 Å². The molecule has 1 aliphatic carbocycles. The van der Waals surface area contributed by atoms with E-state index in [-0.39, 0.29) is 10.8 Å². The summed E-state index contributed by atoms with van der Waals surface area (Å²) < 4.78 is 27.2. The number of sulfone groups is 1. The summed E-state index contributed by atoms with van der Waals surface area (Å²) in [6.07, 6.45) is 8.59. The van der Waals surface area contributed by atoms with Crippen LogP contribution in [-0.4, -0.2) is 67.7 Å². The highest BCUT2D eigenvalue weighted by Gasteiger charge is 2.33. The lowest BCUT2D eigenvalue weighted by molar-refractivity contribution is -0.118. The smallest absolute Gasteiger partial charge is 0.233 e. The van der Waals surface area contributed by atoms with E-state index in [0.29, 0.717) is 24.8 Å². The van der Waals surface area contributed by atoms with Crippen molar-refractivity contribution in [3.05, 3.63) is 79.0 Å². The molecule has 39 heavy (non-hydrogen) atoms. The molecule has 5 rings (SSSR count). The number of aromatic nitrogens is 1. The Morgan fingerprint density at radius 3 is 2.44 bits per heavy atom. The second-order valence-corrected chi connectivity index (χ2v) is 12.9. The number of hydrogen-bond acceptors (Lipinski definition) is 6. The molecule has 0 spiro atoms. The van der Waals surface area contributed by atoms with Crippen LogP contribution in [0.25, 0.3) is 10.8 Å². The number of nitrogens with one attached hydrogen (secondary N) is 1. The SMILES string of the molecule is C=CC(N1CCN(C)CC1)S(=O)(=O)c1ccc(C(CC2CCCC2)C(=O)Nc2nccc3ccccc23)cc1. The summed E-state index contributed by atoms with van der Waals surface area (Å²) in [7, 11) is -1.60. The highest BCUT2D eigenvalue weighted by atomic mass is 32.2. The second kappa shape index (κ2) is 12.0. The van der Waals surface area contributed by atoms with Crippen LogP contribution < -0.4 is 5.32 Å². The zero-order chi connectivity index (χ0) is 27.4. The van der Waals surface area contributed by atoms with Crippen LogP contribution in [0.3, 0.4) is 0 Å². The van der Waals surface area contributed by atoms with Crippen LogP contribution in [0.5, 0.6) is 0 Å². The van der Waals surface area contributed by atoms with E-state index in [1.807, 2.05) is 54.4 Å². The lowest BCUT2D eigenvalue weighted by Crippen LogP contribution is -2.50. The van der Waals surface area contributed by atoms with Gasteiger partial charge in [-0.25, -0.2) is 13.4 Å². The quantitative estimate of drug-likeness (QED) is 0.378. The van der Waals surface area contributed by atoms with E-state index >= 15 is 0 Å². The largest absolute Gasteiger partial charge is 0.310 e. The lowest BCUT2D eigenvalue weighted by Gasteiger charge is -2.36. The molecule has 1 aliphatic heterocycles. The van der Waals surface area contributed by atoms with Crippen LogP contribution >= 0.6 is 0 Å². The minimum absolute atomic E-state index is 0.109. The number of nitrogens with zero attached hydrogens (tertiary/aromatic N) is 3. The molecule has 2 fully saturated rings. The summed E-state index contributed by atoms with van der Waals surface area (Å²) in [5.74, 6) is 0.531. The molecule has 2 aliphatic rings.